The molecule has 1 unspecified atom stereocenters. The molecule has 4 N–H and O–H groups in total. The van der Waals surface area contributed by atoms with E-state index in [1.165, 1.54) is 7.11 Å². The van der Waals surface area contributed by atoms with Gasteiger partial charge in [0.25, 0.3) is 0 Å². The molecule has 0 aliphatic heterocycles. The maximum atomic E-state index is 10.6. The number of benzene rings is 1. The van der Waals surface area contributed by atoms with Crippen molar-refractivity contribution < 1.29 is 19.7 Å². The maximum absolute atomic E-state index is 10.6. The number of phenols is 1. The van der Waals surface area contributed by atoms with E-state index in [9.17, 15) is 9.90 Å². The SMILES string of the molecule is COc1ccc(CC(N)C(=O)O)c(O)c1C. The van der Waals surface area contributed by atoms with Crippen molar-refractivity contribution in [2.75, 3.05) is 7.11 Å². The highest BCUT2D eigenvalue weighted by atomic mass is 16.5. The van der Waals surface area contributed by atoms with Crippen molar-refractivity contribution in [1.29, 1.82) is 0 Å². The molecule has 88 valence electrons. The normalized spacial score (nSPS) is 12.2. The Balaban J connectivity index is 2.99. The molecule has 5 nitrogen and oxygen atoms in total. The molecule has 0 aliphatic carbocycles. The van der Waals surface area contributed by atoms with Crippen molar-refractivity contribution in [3.05, 3.63) is 23.3 Å². The summed E-state index contributed by atoms with van der Waals surface area (Å²) < 4.78 is 5.03. The summed E-state index contributed by atoms with van der Waals surface area (Å²) >= 11 is 0. The molecule has 1 rings (SSSR count). The number of aromatic hydroxyl groups is 1. The van der Waals surface area contributed by atoms with Gasteiger partial charge < -0.3 is 20.7 Å². The minimum Gasteiger partial charge on any atom is -0.507 e. The van der Waals surface area contributed by atoms with Gasteiger partial charge in [-0.3, -0.25) is 4.79 Å². The average Bonchev–Trinajstić information content (AvgIpc) is 2.25. The van der Waals surface area contributed by atoms with Gasteiger partial charge in [-0.25, -0.2) is 0 Å². The fourth-order valence-electron chi connectivity index (χ4n) is 1.45. The van der Waals surface area contributed by atoms with E-state index < -0.39 is 12.0 Å². The summed E-state index contributed by atoms with van der Waals surface area (Å²) in [5.41, 5.74) is 6.48. The van der Waals surface area contributed by atoms with Crippen LogP contribution in [0.25, 0.3) is 0 Å². The third-order valence-electron chi connectivity index (χ3n) is 2.44. The molecule has 16 heavy (non-hydrogen) atoms. The summed E-state index contributed by atoms with van der Waals surface area (Å²) in [6, 6.07) is 2.28. The molecule has 0 saturated carbocycles. The van der Waals surface area contributed by atoms with Gasteiger partial charge in [0.15, 0.2) is 0 Å². The summed E-state index contributed by atoms with van der Waals surface area (Å²) in [5.74, 6) is -0.492. The second-order valence-electron chi connectivity index (χ2n) is 3.55. The van der Waals surface area contributed by atoms with E-state index in [-0.39, 0.29) is 12.2 Å². The molecule has 0 fully saturated rings. The van der Waals surface area contributed by atoms with Crippen molar-refractivity contribution in [2.45, 2.75) is 19.4 Å². The zero-order chi connectivity index (χ0) is 12.3. The summed E-state index contributed by atoms with van der Waals surface area (Å²) in [7, 11) is 1.50. The van der Waals surface area contributed by atoms with Crippen molar-refractivity contribution in [2.24, 2.45) is 5.73 Å². The van der Waals surface area contributed by atoms with Gasteiger partial charge in [0.05, 0.1) is 7.11 Å². The quantitative estimate of drug-likeness (QED) is 0.700. The van der Waals surface area contributed by atoms with E-state index in [0.717, 1.165) is 0 Å². The van der Waals surface area contributed by atoms with Crippen LogP contribution in [0.4, 0.5) is 0 Å². The first-order chi connectivity index (χ1) is 7.47. The fourth-order valence-corrected chi connectivity index (χ4v) is 1.45. The van der Waals surface area contributed by atoms with Gasteiger partial charge in [-0.1, -0.05) is 6.07 Å². The first kappa shape index (κ1) is 12.3. The predicted molar refractivity (Wildman–Crippen MR) is 58.7 cm³/mol. The number of hydrogen-bond acceptors (Lipinski definition) is 4. The van der Waals surface area contributed by atoms with Crippen LogP contribution in [0.5, 0.6) is 11.5 Å². The van der Waals surface area contributed by atoms with Gasteiger partial charge in [-0.15, -0.1) is 0 Å². The van der Waals surface area contributed by atoms with Gasteiger partial charge in [0, 0.05) is 12.0 Å². The third-order valence-corrected chi connectivity index (χ3v) is 2.44. The van der Waals surface area contributed by atoms with E-state index in [1.807, 2.05) is 0 Å². The van der Waals surface area contributed by atoms with Crippen molar-refractivity contribution in [3.63, 3.8) is 0 Å². The Morgan fingerprint density at radius 1 is 1.56 bits per heavy atom. The molecule has 0 bridgehead atoms. The van der Waals surface area contributed by atoms with E-state index >= 15 is 0 Å². The number of hydrogen-bond donors (Lipinski definition) is 3. The van der Waals surface area contributed by atoms with E-state index in [0.29, 0.717) is 16.9 Å². The van der Waals surface area contributed by atoms with Crippen molar-refractivity contribution >= 4 is 5.97 Å². The molecular formula is C11H15NO4. The Bertz CT molecular complexity index is 403. The summed E-state index contributed by atoms with van der Waals surface area (Å²) in [6.07, 6.45) is 0.0893. The number of carboxylic acids is 1. The summed E-state index contributed by atoms with van der Waals surface area (Å²) in [4.78, 5) is 10.6. The number of carboxylic acid groups (broad SMARTS) is 1. The van der Waals surface area contributed by atoms with E-state index in [2.05, 4.69) is 0 Å². The number of rotatable bonds is 4. The molecule has 0 aliphatic rings. The second kappa shape index (κ2) is 4.85. The maximum Gasteiger partial charge on any atom is 0.320 e. The number of aliphatic carboxylic acids is 1. The van der Waals surface area contributed by atoms with Crippen LogP contribution in [0.15, 0.2) is 12.1 Å². The Morgan fingerprint density at radius 2 is 2.19 bits per heavy atom. The lowest BCUT2D eigenvalue weighted by molar-refractivity contribution is -0.138. The number of phenolic OH excluding ortho intramolecular Hbond substituents is 1. The van der Waals surface area contributed by atoms with Gasteiger partial charge in [0.1, 0.15) is 17.5 Å². The minimum atomic E-state index is -1.09. The molecule has 0 aromatic heterocycles. The second-order valence-corrected chi connectivity index (χ2v) is 3.55. The fraction of sp³-hybridized carbons (Fsp3) is 0.364. The van der Waals surface area contributed by atoms with Gasteiger partial charge in [-0.05, 0) is 18.6 Å². The van der Waals surface area contributed by atoms with Crippen LogP contribution in [-0.2, 0) is 11.2 Å². The lowest BCUT2D eigenvalue weighted by Gasteiger charge is -2.12. The lowest BCUT2D eigenvalue weighted by atomic mass is 10.0. The van der Waals surface area contributed by atoms with Crippen LogP contribution >= 0.6 is 0 Å². The zero-order valence-corrected chi connectivity index (χ0v) is 9.23. The van der Waals surface area contributed by atoms with Crippen molar-refractivity contribution in [3.8, 4) is 11.5 Å². The minimum absolute atomic E-state index is 0.0380. The van der Waals surface area contributed by atoms with Crippen LogP contribution in [-0.4, -0.2) is 29.3 Å². The Labute approximate surface area is 93.5 Å². The van der Waals surface area contributed by atoms with Crippen LogP contribution in [0.1, 0.15) is 11.1 Å². The van der Waals surface area contributed by atoms with Gasteiger partial charge in [-0.2, -0.15) is 0 Å². The lowest BCUT2D eigenvalue weighted by Crippen LogP contribution is -2.32. The van der Waals surface area contributed by atoms with Crippen molar-refractivity contribution in [1.82, 2.24) is 0 Å². The summed E-state index contributed by atoms with van der Waals surface area (Å²) in [5, 5.41) is 18.5. The Hall–Kier alpha value is -1.75. The highest BCUT2D eigenvalue weighted by molar-refractivity contribution is 5.73. The van der Waals surface area contributed by atoms with Gasteiger partial charge in [0.2, 0.25) is 0 Å². The standard InChI is InChI=1S/C11H15NO4/c1-6-9(16-2)4-3-7(10(6)13)5-8(12)11(14)15/h3-4,8,13H,5,12H2,1-2H3,(H,14,15). The topological polar surface area (TPSA) is 92.8 Å². The Kier molecular flexibility index (Phi) is 3.73. The monoisotopic (exact) mass is 225 g/mol. The average molecular weight is 225 g/mol. The highest BCUT2D eigenvalue weighted by Crippen LogP contribution is 2.30. The van der Waals surface area contributed by atoms with E-state index in [1.54, 1.807) is 19.1 Å². The van der Waals surface area contributed by atoms with Gasteiger partial charge >= 0.3 is 5.97 Å². The largest absolute Gasteiger partial charge is 0.507 e. The molecular weight excluding hydrogens is 210 g/mol. The predicted octanol–water partition coefficient (Wildman–Crippen LogP) is 0.664. The molecule has 0 spiro atoms. The number of ether oxygens (including phenoxy) is 1. The van der Waals surface area contributed by atoms with Crippen LogP contribution < -0.4 is 10.5 Å². The zero-order valence-electron chi connectivity index (χ0n) is 9.23. The molecule has 0 heterocycles. The van der Waals surface area contributed by atoms with Crippen LogP contribution in [0.2, 0.25) is 0 Å². The summed E-state index contributed by atoms with van der Waals surface area (Å²) in [6.45, 7) is 1.70. The molecule has 5 heteroatoms. The Morgan fingerprint density at radius 3 is 2.69 bits per heavy atom. The molecule has 1 aromatic rings. The van der Waals surface area contributed by atoms with E-state index in [4.69, 9.17) is 15.6 Å². The van der Waals surface area contributed by atoms with Crippen LogP contribution in [0, 0.1) is 6.92 Å². The molecule has 0 saturated heterocycles. The molecule has 0 radical (unpaired) electrons. The van der Waals surface area contributed by atoms with Crippen LogP contribution in [0.3, 0.4) is 0 Å². The molecule has 1 atom stereocenters. The first-order valence-corrected chi connectivity index (χ1v) is 4.81. The third kappa shape index (κ3) is 2.43. The highest BCUT2D eigenvalue weighted by Gasteiger charge is 2.16. The molecule has 1 aromatic carbocycles. The number of carbonyl (C=O) groups is 1. The number of nitrogens with two attached hydrogens (primary N) is 1. The molecule has 0 amide bonds. The number of methoxy groups -OCH3 is 1. The first-order valence-electron chi connectivity index (χ1n) is 4.81. The smallest absolute Gasteiger partial charge is 0.320 e.